The van der Waals surface area contributed by atoms with E-state index in [4.69, 9.17) is 9.84 Å². The molecule has 1 fully saturated rings. The minimum Gasteiger partial charge on any atom is -0.495 e. The first-order valence-electron chi connectivity index (χ1n) is 6.95. The number of sulfonamides is 1. The summed E-state index contributed by atoms with van der Waals surface area (Å²) in [6.45, 7) is 0. The quantitative estimate of drug-likeness (QED) is 0.683. The molecule has 0 aromatic heterocycles. The van der Waals surface area contributed by atoms with Gasteiger partial charge in [0.05, 0.1) is 18.6 Å². The van der Waals surface area contributed by atoms with Crippen LogP contribution in [-0.4, -0.2) is 52.6 Å². The number of hydrogen-bond donors (Lipinski definition) is 2. The van der Waals surface area contributed by atoms with Crippen molar-refractivity contribution in [2.24, 2.45) is 0 Å². The number of carbonyl (C=O) groups is 1. The standard InChI is InChI=1S/C14H17NO7S2/c1-22-12-4-2-10(3-5-14(16)17)8-13(12)24(20,21)15-11-6-7-23(18,19)9-11/h2-5,8,11,15H,6-7,9H2,1H3,(H,16,17). The number of ether oxygens (including phenoxy) is 1. The van der Waals surface area contributed by atoms with Gasteiger partial charge in [-0.25, -0.2) is 26.4 Å². The summed E-state index contributed by atoms with van der Waals surface area (Å²) in [5, 5.41) is 8.64. The van der Waals surface area contributed by atoms with Crippen molar-refractivity contribution in [3.8, 4) is 5.75 Å². The molecule has 0 amide bonds. The van der Waals surface area contributed by atoms with Crippen molar-refractivity contribution in [2.75, 3.05) is 18.6 Å². The van der Waals surface area contributed by atoms with Crippen LogP contribution in [0.15, 0.2) is 29.2 Å². The van der Waals surface area contributed by atoms with Crippen LogP contribution in [0.4, 0.5) is 0 Å². The number of sulfone groups is 1. The second-order valence-corrected chi connectivity index (χ2v) is 9.21. The minimum absolute atomic E-state index is 0.0568. The molecule has 0 bridgehead atoms. The summed E-state index contributed by atoms with van der Waals surface area (Å²) in [6, 6.07) is 3.49. The largest absolute Gasteiger partial charge is 0.495 e. The number of rotatable bonds is 6. The van der Waals surface area contributed by atoms with Crippen molar-refractivity contribution in [1.29, 1.82) is 0 Å². The fourth-order valence-corrected chi connectivity index (χ4v) is 5.60. The lowest BCUT2D eigenvalue weighted by molar-refractivity contribution is -0.131. The van der Waals surface area contributed by atoms with Gasteiger partial charge in [-0.2, -0.15) is 0 Å². The van der Waals surface area contributed by atoms with Crippen molar-refractivity contribution in [3.63, 3.8) is 0 Å². The van der Waals surface area contributed by atoms with Gasteiger partial charge < -0.3 is 9.84 Å². The Morgan fingerprint density at radius 3 is 2.67 bits per heavy atom. The number of benzene rings is 1. The van der Waals surface area contributed by atoms with Gasteiger partial charge in [0.2, 0.25) is 10.0 Å². The summed E-state index contributed by atoms with van der Waals surface area (Å²) in [7, 11) is -5.94. The maximum atomic E-state index is 12.5. The third kappa shape index (κ3) is 4.56. The molecule has 1 aromatic rings. The van der Waals surface area contributed by atoms with Gasteiger partial charge in [0, 0.05) is 12.1 Å². The second kappa shape index (κ2) is 6.91. The molecule has 1 aliphatic rings. The lowest BCUT2D eigenvalue weighted by Gasteiger charge is -2.14. The van der Waals surface area contributed by atoms with Crippen LogP contribution >= 0.6 is 0 Å². The van der Waals surface area contributed by atoms with Gasteiger partial charge in [-0.05, 0) is 30.2 Å². The zero-order valence-electron chi connectivity index (χ0n) is 12.8. The summed E-state index contributed by atoms with van der Waals surface area (Å²) in [4.78, 5) is 10.4. The molecule has 1 aromatic carbocycles. The highest BCUT2D eigenvalue weighted by Gasteiger charge is 2.32. The predicted molar refractivity (Wildman–Crippen MR) is 87.0 cm³/mol. The first kappa shape index (κ1) is 18.4. The zero-order chi connectivity index (χ0) is 18.0. The highest BCUT2D eigenvalue weighted by molar-refractivity contribution is 7.92. The average Bonchev–Trinajstić information content (AvgIpc) is 2.83. The fraction of sp³-hybridized carbons (Fsp3) is 0.357. The Kier molecular flexibility index (Phi) is 5.31. The molecule has 8 nitrogen and oxygen atoms in total. The molecule has 0 radical (unpaired) electrons. The SMILES string of the molecule is COc1ccc(C=CC(=O)O)cc1S(=O)(=O)NC1CCS(=O)(=O)C1. The summed E-state index contributed by atoms with van der Waals surface area (Å²) in [6.07, 6.45) is 2.35. The Hall–Kier alpha value is -1.91. The highest BCUT2D eigenvalue weighted by atomic mass is 32.2. The number of aliphatic carboxylic acids is 1. The molecule has 1 atom stereocenters. The van der Waals surface area contributed by atoms with Gasteiger partial charge in [-0.1, -0.05) is 6.07 Å². The second-order valence-electron chi connectivity index (χ2n) is 5.30. The molecule has 132 valence electrons. The summed E-state index contributed by atoms with van der Waals surface area (Å²) in [5.74, 6) is -1.38. The molecule has 1 unspecified atom stereocenters. The number of hydrogen-bond acceptors (Lipinski definition) is 6. The van der Waals surface area contributed by atoms with E-state index in [0.29, 0.717) is 5.56 Å². The molecule has 0 saturated carbocycles. The molecule has 0 aliphatic carbocycles. The van der Waals surface area contributed by atoms with Gasteiger partial charge >= 0.3 is 5.97 Å². The fourth-order valence-electron chi connectivity index (χ4n) is 2.35. The van der Waals surface area contributed by atoms with E-state index < -0.39 is 31.9 Å². The van der Waals surface area contributed by atoms with Gasteiger partial charge in [0.1, 0.15) is 10.6 Å². The van der Waals surface area contributed by atoms with Gasteiger partial charge in [-0.15, -0.1) is 0 Å². The number of carboxylic acid groups (broad SMARTS) is 1. The van der Waals surface area contributed by atoms with E-state index in [9.17, 15) is 21.6 Å². The maximum Gasteiger partial charge on any atom is 0.328 e. The molecule has 0 spiro atoms. The minimum atomic E-state index is -4.02. The van der Waals surface area contributed by atoms with Crippen LogP contribution in [0.2, 0.25) is 0 Å². The molecule has 1 heterocycles. The average molecular weight is 375 g/mol. The third-order valence-electron chi connectivity index (χ3n) is 3.45. The maximum absolute atomic E-state index is 12.5. The van der Waals surface area contributed by atoms with Crippen molar-refractivity contribution >= 4 is 31.9 Å². The third-order valence-corrected chi connectivity index (χ3v) is 6.76. The lowest BCUT2D eigenvalue weighted by atomic mass is 10.2. The Labute approximate surface area is 140 Å². The van der Waals surface area contributed by atoms with Crippen molar-refractivity contribution < 1.29 is 31.5 Å². The predicted octanol–water partition coefficient (Wildman–Crippen LogP) is 0.258. The molecule has 1 aliphatic heterocycles. The monoisotopic (exact) mass is 375 g/mol. The summed E-state index contributed by atoms with van der Waals surface area (Å²) < 4.78 is 55.4. The van der Waals surface area contributed by atoms with Gasteiger partial charge in [-0.3, -0.25) is 0 Å². The molecular weight excluding hydrogens is 358 g/mol. The number of carboxylic acids is 1. The van der Waals surface area contributed by atoms with E-state index in [-0.39, 0.29) is 28.6 Å². The van der Waals surface area contributed by atoms with Crippen molar-refractivity contribution in [2.45, 2.75) is 17.4 Å². The van der Waals surface area contributed by atoms with E-state index in [2.05, 4.69) is 4.72 Å². The Morgan fingerprint density at radius 1 is 1.42 bits per heavy atom. The van der Waals surface area contributed by atoms with Crippen LogP contribution in [0.3, 0.4) is 0 Å². The molecule has 2 rings (SSSR count). The topological polar surface area (TPSA) is 127 Å². The van der Waals surface area contributed by atoms with Crippen LogP contribution < -0.4 is 9.46 Å². The van der Waals surface area contributed by atoms with Crippen LogP contribution in [0.25, 0.3) is 6.08 Å². The Bertz CT molecular complexity index is 872. The van der Waals surface area contributed by atoms with Crippen LogP contribution in [0.5, 0.6) is 5.75 Å². The molecule has 10 heteroatoms. The zero-order valence-corrected chi connectivity index (χ0v) is 14.4. The number of nitrogens with one attached hydrogen (secondary N) is 1. The van der Waals surface area contributed by atoms with Crippen molar-refractivity contribution in [1.82, 2.24) is 4.72 Å². The van der Waals surface area contributed by atoms with Crippen LogP contribution in [0.1, 0.15) is 12.0 Å². The van der Waals surface area contributed by atoms with E-state index in [1.54, 1.807) is 0 Å². The smallest absolute Gasteiger partial charge is 0.328 e. The van der Waals surface area contributed by atoms with E-state index in [1.807, 2.05) is 0 Å². The van der Waals surface area contributed by atoms with Crippen LogP contribution in [-0.2, 0) is 24.7 Å². The Morgan fingerprint density at radius 2 is 2.12 bits per heavy atom. The van der Waals surface area contributed by atoms with E-state index in [0.717, 1.165) is 6.08 Å². The first-order chi connectivity index (χ1) is 11.1. The van der Waals surface area contributed by atoms with E-state index in [1.165, 1.54) is 31.4 Å². The van der Waals surface area contributed by atoms with Crippen LogP contribution in [0, 0.1) is 0 Å². The summed E-state index contributed by atoms with van der Waals surface area (Å²) in [5.41, 5.74) is 0.359. The van der Waals surface area contributed by atoms with Gasteiger partial charge in [0.25, 0.3) is 0 Å². The molecule has 1 saturated heterocycles. The highest BCUT2D eigenvalue weighted by Crippen LogP contribution is 2.26. The molecule has 2 N–H and O–H groups in total. The van der Waals surface area contributed by atoms with Crippen molar-refractivity contribution in [3.05, 3.63) is 29.8 Å². The number of methoxy groups -OCH3 is 1. The molecule has 24 heavy (non-hydrogen) atoms. The molecular formula is C14H17NO7S2. The van der Waals surface area contributed by atoms with Gasteiger partial charge in [0.15, 0.2) is 9.84 Å². The summed E-state index contributed by atoms with van der Waals surface area (Å²) >= 11 is 0. The lowest BCUT2D eigenvalue weighted by Crippen LogP contribution is -2.35. The van der Waals surface area contributed by atoms with E-state index >= 15 is 0 Å². The first-order valence-corrected chi connectivity index (χ1v) is 10.3. The Balaban J connectivity index is 2.33. The normalized spacial score (nSPS) is 20.3.